The van der Waals surface area contributed by atoms with Crippen molar-refractivity contribution >= 4 is 29.1 Å². The van der Waals surface area contributed by atoms with E-state index in [-0.39, 0.29) is 30.1 Å². The molecule has 140 valence electrons. The van der Waals surface area contributed by atoms with E-state index in [0.717, 1.165) is 16.8 Å². The van der Waals surface area contributed by atoms with Gasteiger partial charge in [0.05, 0.1) is 5.92 Å². The predicted octanol–water partition coefficient (Wildman–Crippen LogP) is 3.02. The van der Waals surface area contributed by atoms with Crippen molar-refractivity contribution < 1.29 is 14.4 Å². The Morgan fingerprint density at radius 3 is 2.52 bits per heavy atom. The molecule has 0 spiro atoms. The van der Waals surface area contributed by atoms with Crippen LogP contribution in [-0.2, 0) is 20.9 Å². The molecule has 6 nitrogen and oxygen atoms in total. The van der Waals surface area contributed by atoms with Crippen LogP contribution in [0.25, 0.3) is 0 Å². The number of carbonyl (C=O) groups is 3. The summed E-state index contributed by atoms with van der Waals surface area (Å²) >= 11 is 0. The van der Waals surface area contributed by atoms with Gasteiger partial charge in [0.25, 0.3) is 0 Å². The van der Waals surface area contributed by atoms with Crippen LogP contribution < -0.4 is 16.0 Å². The number of carbonyl (C=O) groups excluding carboxylic acids is 3. The molecule has 1 unspecified atom stereocenters. The molecule has 3 N–H and O–H groups in total. The Balaban J connectivity index is 1.61. The van der Waals surface area contributed by atoms with E-state index in [1.54, 1.807) is 6.07 Å². The maximum atomic E-state index is 12.6. The maximum Gasteiger partial charge on any atom is 0.228 e. The van der Waals surface area contributed by atoms with E-state index in [4.69, 9.17) is 0 Å². The first kappa shape index (κ1) is 18.6. The Bertz CT molecular complexity index is 859. The lowest BCUT2D eigenvalue weighted by atomic mass is 9.90. The fourth-order valence-corrected chi connectivity index (χ4v) is 2.95. The molecule has 6 heteroatoms. The number of nitrogens with one attached hydrogen (secondary N) is 3. The molecular formula is C21H23N3O3. The van der Waals surface area contributed by atoms with E-state index >= 15 is 0 Å². The summed E-state index contributed by atoms with van der Waals surface area (Å²) in [5, 5.41) is 8.53. The Labute approximate surface area is 158 Å². The lowest BCUT2D eigenvalue weighted by molar-refractivity contribution is -0.126. The van der Waals surface area contributed by atoms with Crippen LogP contribution >= 0.6 is 0 Å². The van der Waals surface area contributed by atoms with E-state index in [1.165, 1.54) is 0 Å². The van der Waals surface area contributed by atoms with Crippen LogP contribution in [0.4, 0.5) is 11.4 Å². The molecule has 1 aliphatic rings. The summed E-state index contributed by atoms with van der Waals surface area (Å²) in [5.74, 6) is -0.932. The van der Waals surface area contributed by atoms with Gasteiger partial charge in [-0.15, -0.1) is 0 Å². The summed E-state index contributed by atoms with van der Waals surface area (Å²) in [5.41, 5.74) is 3.17. The van der Waals surface area contributed by atoms with Crippen molar-refractivity contribution in [2.24, 2.45) is 5.92 Å². The monoisotopic (exact) mass is 365 g/mol. The Kier molecular flexibility index (Phi) is 5.54. The summed E-state index contributed by atoms with van der Waals surface area (Å²) in [7, 11) is 0. The third-order valence-electron chi connectivity index (χ3n) is 4.53. The minimum Gasteiger partial charge on any atom is -0.351 e. The number of benzene rings is 2. The van der Waals surface area contributed by atoms with Gasteiger partial charge >= 0.3 is 0 Å². The van der Waals surface area contributed by atoms with Gasteiger partial charge in [-0.05, 0) is 29.3 Å². The van der Waals surface area contributed by atoms with Gasteiger partial charge < -0.3 is 16.0 Å². The average Bonchev–Trinajstić information content (AvgIpc) is 2.66. The molecule has 0 aliphatic carbocycles. The minimum atomic E-state index is -0.487. The van der Waals surface area contributed by atoms with Crippen molar-refractivity contribution in [2.75, 3.05) is 10.6 Å². The molecule has 0 bridgehead atoms. The molecule has 2 aromatic carbocycles. The molecule has 0 fully saturated rings. The first-order chi connectivity index (χ1) is 12.9. The Hall–Kier alpha value is -3.15. The Morgan fingerprint density at radius 1 is 1.11 bits per heavy atom. The fourth-order valence-electron chi connectivity index (χ4n) is 2.95. The standard InChI is InChI=1S/C21H23N3O3/c1-13(2)20(26)23-15-9-7-14(8-10-15)12-22-21(27)17-11-19(25)24-18-6-4-3-5-16(17)18/h3-10,13,17H,11-12H2,1-2H3,(H,22,27)(H,23,26)(H,24,25). The molecule has 0 saturated carbocycles. The molecule has 3 amide bonds. The van der Waals surface area contributed by atoms with E-state index in [2.05, 4.69) is 16.0 Å². The average molecular weight is 365 g/mol. The van der Waals surface area contributed by atoms with Gasteiger partial charge in [0.15, 0.2) is 0 Å². The summed E-state index contributed by atoms with van der Waals surface area (Å²) in [6.45, 7) is 4.03. The lowest BCUT2D eigenvalue weighted by Crippen LogP contribution is -2.34. The quantitative estimate of drug-likeness (QED) is 0.761. The fraction of sp³-hybridized carbons (Fsp3) is 0.286. The number of anilines is 2. The molecule has 1 atom stereocenters. The highest BCUT2D eigenvalue weighted by Crippen LogP contribution is 2.32. The molecule has 0 aromatic heterocycles. The first-order valence-electron chi connectivity index (χ1n) is 9.00. The summed E-state index contributed by atoms with van der Waals surface area (Å²) in [6, 6.07) is 14.7. The number of hydrogen-bond donors (Lipinski definition) is 3. The zero-order valence-electron chi connectivity index (χ0n) is 15.4. The van der Waals surface area contributed by atoms with E-state index in [9.17, 15) is 14.4 Å². The number of fused-ring (bicyclic) bond motifs is 1. The van der Waals surface area contributed by atoms with Crippen molar-refractivity contribution in [2.45, 2.75) is 32.7 Å². The van der Waals surface area contributed by atoms with Crippen LogP contribution in [0.1, 0.15) is 37.3 Å². The van der Waals surface area contributed by atoms with E-state index in [0.29, 0.717) is 12.2 Å². The van der Waals surface area contributed by atoms with Crippen molar-refractivity contribution in [1.29, 1.82) is 0 Å². The molecule has 2 aromatic rings. The topological polar surface area (TPSA) is 87.3 Å². The molecule has 27 heavy (non-hydrogen) atoms. The van der Waals surface area contributed by atoms with Gasteiger partial charge in [-0.2, -0.15) is 0 Å². The normalized spacial score (nSPS) is 15.7. The molecular weight excluding hydrogens is 342 g/mol. The maximum absolute atomic E-state index is 12.6. The second kappa shape index (κ2) is 8.03. The van der Waals surface area contributed by atoms with Crippen LogP contribution in [0.3, 0.4) is 0 Å². The lowest BCUT2D eigenvalue weighted by Gasteiger charge is -2.24. The van der Waals surface area contributed by atoms with Crippen LogP contribution in [0.15, 0.2) is 48.5 Å². The summed E-state index contributed by atoms with van der Waals surface area (Å²) < 4.78 is 0. The minimum absolute atomic E-state index is 0.0368. The summed E-state index contributed by atoms with van der Waals surface area (Å²) in [6.07, 6.45) is 0.142. The SMILES string of the molecule is CC(C)C(=O)Nc1ccc(CNC(=O)C2CC(=O)Nc3ccccc32)cc1. The van der Waals surface area contributed by atoms with Crippen LogP contribution in [0, 0.1) is 5.92 Å². The van der Waals surface area contributed by atoms with Crippen LogP contribution in [-0.4, -0.2) is 17.7 Å². The number of amides is 3. The van der Waals surface area contributed by atoms with Crippen molar-refractivity contribution in [1.82, 2.24) is 5.32 Å². The third-order valence-corrected chi connectivity index (χ3v) is 4.53. The highest BCUT2D eigenvalue weighted by Gasteiger charge is 2.30. The van der Waals surface area contributed by atoms with E-state index < -0.39 is 5.92 Å². The number of hydrogen-bond acceptors (Lipinski definition) is 3. The highest BCUT2D eigenvalue weighted by molar-refractivity contribution is 6.01. The molecule has 1 aliphatic heterocycles. The zero-order valence-corrected chi connectivity index (χ0v) is 15.4. The van der Waals surface area contributed by atoms with Gasteiger partial charge in [-0.3, -0.25) is 14.4 Å². The second-order valence-electron chi connectivity index (χ2n) is 6.95. The second-order valence-corrected chi connectivity index (χ2v) is 6.95. The van der Waals surface area contributed by atoms with Gasteiger partial charge in [0.1, 0.15) is 0 Å². The van der Waals surface area contributed by atoms with Crippen molar-refractivity contribution in [3.05, 3.63) is 59.7 Å². The van der Waals surface area contributed by atoms with Gasteiger partial charge in [0.2, 0.25) is 17.7 Å². The molecule has 0 saturated heterocycles. The third kappa shape index (κ3) is 4.53. The van der Waals surface area contributed by atoms with Gasteiger partial charge in [-0.1, -0.05) is 44.2 Å². The van der Waals surface area contributed by atoms with Crippen molar-refractivity contribution in [3.8, 4) is 0 Å². The number of rotatable bonds is 5. The van der Waals surface area contributed by atoms with E-state index in [1.807, 2.05) is 56.3 Å². The molecule has 3 rings (SSSR count). The van der Waals surface area contributed by atoms with Crippen molar-refractivity contribution in [3.63, 3.8) is 0 Å². The zero-order chi connectivity index (χ0) is 19.4. The highest BCUT2D eigenvalue weighted by atomic mass is 16.2. The Morgan fingerprint density at radius 2 is 1.81 bits per heavy atom. The van der Waals surface area contributed by atoms with Gasteiger partial charge in [-0.25, -0.2) is 0 Å². The molecule has 1 heterocycles. The number of para-hydroxylation sites is 1. The van der Waals surface area contributed by atoms with Crippen LogP contribution in [0.5, 0.6) is 0 Å². The predicted molar refractivity (Wildman–Crippen MR) is 104 cm³/mol. The largest absolute Gasteiger partial charge is 0.351 e. The smallest absolute Gasteiger partial charge is 0.228 e. The molecule has 0 radical (unpaired) electrons. The summed E-state index contributed by atoms with van der Waals surface area (Å²) in [4.78, 5) is 36.2. The van der Waals surface area contributed by atoms with Gasteiger partial charge in [0, 0.05) is 30.3 Å². The van der Waals surface area contributed by atoms with Crippen LogP contribution in [0.2, 0.25) is 0 Å². The first-order valence-corrected chi connectivity index (χ1v) is 9.00.